The van der Waals surface area contributed by atoms with Crippen molar-refractivity contribution in [1.29, 1.82) is 0 Å². The largest absolute Gasteiger partial charge is 0.462 e. The lowest BCUT2D eigenvalue weighted by atomic mass is 9.95. The molecule has 1 aliphatic heterocycles. The van der Waals surface area contributed by atoms with Crippen molar-refractivity contribution in [3.63, 3.8) is 0 Å². The molecule has 0 radical (unpaired) electrons. The number of halogens is 4. The van der Waals surface area contributed by atoms with E-state index in [0.717, 1.165) is 6.07 Å². The lowest BCUT2D eigenvalue weighted by Gasteiger charge is -2.34. The summed E-state index contributed by atoms with van der Waals surface area (Å²) in [6.45, 7) is 2.40. The molecule has 1 aromatic heterocycles. The van der Waals surface area contributed by atoms with E-state index in [-0.39, 0.29) is 10.3 Å². The first kappa shape index (κ1) is 30.5. The van der Waals surface area contributed by atoms with Gasteiger partial charge < -0.3 is 19.1 Å². The van der Waals surface area contributed by atoms with E-state index in [1.807, 2.05) is 0 Å². The Hall–Kier alpha value is -3.04. The fraction of sp³-hybridized carbons (Fsp3) is 0.500. The van der Waals surface area contributed by atoms with Crippen molar-refractivity contribution < 1.29 is 50.5 Å². The van der Waals surface area contributed by atoms with Crippen LogP contribution in [0.4, 0.5) is 17.6 Å². The smallest absolute Gasteiger partial charge is 0.459 e. The van der Waals surface area contributed by atoms with Crippen LogP contribution in [0.2, 0.25) is 0 Å². The Morgan fingerprint density at radius 3 is 2.41 bits per heavy atom. The highest BCUT2D eigenvalue weighted by molar-refractivity contribution is 7.52. The standard InChI is InChI=1S/C22H26F4N3O9P/c1-12(2)36-18(32)13(3)28-39(34,38-14-7-5-4-6-8-14)35-11-21(19(23)24)22(25,26)16(31)17(37-21)29-10-9-15(30)27-20(29)33/h4-10,12-13,16-17,19,31H,11H2,1-3H3,(H,28,34)(H,27,30,33). The number of ether oxygens (including phenoxy) is 2. The van der Waals surface area contributed by atoms with Crippen LogP contribution in [-0.4, -0.2) is 63.4 Å². The molecular weight excluding hydrogens is 557 g/mol. The number of carbonyl (C=O) groups is 1. The maximum Gasteiger partial charge on any atom is 0.459 e. The third-order valence-electron chi connectivity index (χ3n) is 5.49. The molecule has 3 rings (SSSR count). The molecule has 1 saturated heterocycles. The summed E-state index contributed by atoms with van der Waals surface area (Å²) >= 11 is 0. The van der Waals surface area contributed by atoms with Crippen LogP contribution in [-0.2, 0) is 23.4 Å². The number of esters is 1. The second kappa shape index (κ2) is 11.6. The van der Waals surface area contributed by atoms with Crippen LogP contribution in [0.15, 0.2) is 52.2 Å². The van der Waals surface area contributed by atoms with Crippen LogP contribution in [0.5, 0.6) is 5.75 Å². The normalized spacial score (nSPS) is 24.9. The number of nitrogens with one attached hydrogen (secondary N) is 2. The number of hydrogen-bond donors (Lipinski definition) is 3. The molecular formula is C22H26F4N3O9P. The van der Waals surface area contributed by atoms with Gasteiger partial charge in [-0.1, -0.05) is 18.2 Å². The topological polar surface area (TPSA) is 158 Å². The average molecular weight is 583 g/mol. The van der Waals surface area contributed by atoms with Gasteiger partial charge in [-0.25, -0.2) is 18.1 Å². The van der Waals surface area contributed by atoms with E-state index in [2.05, 4.69) is 5.09 Å². The summed E-state index contributed by atoms with van der Waals surface area (Å²) in [7, 11) is -4.91. The van der Waals surface area contributed by atoms with E-state index in [1.165, 1.54) is 45.0 Å². The maximum absolute atomic E-state index is 15.2. The highest BCUT2D eigenvalue weighted by atomic mass is 31.2. The number of benzene rings is 1. The monoisotopic (exact) mass is 583 g/mol. The zero-order chi connectivity index (χ0) is 29.2. The molecule has 1 aromatic carbocycles. The Labute approximate surface area is 218 Å². The minimum atomic E-state index is -4.91. The van der Waals surface area contributed by atoms with Crippen molar-refractivity contribution in [2.45, 2.75) is 63.2 Å². The molecule has 17 heteroatoms. The number of aliphatic hydroxyl groups is 1. The highest BCUT2D eigenvalue weighted by Crippen LogP contribution is 2.54. The van der Waals surface area contributed by atoms with Gasteiger partial charge in [-0.2, -0.15) is 13.9 Å². The molecule has 5 atom stereocenters. The first-order valence-electron chi connectivity index (χ1n) is 11.4. The molecule has 39 heavy (non-hydrogen) atoms. The molecule has 0 bridgehead atoms. The van der Waals surface area contributed by atoms with Crippen LogP contribution in [0.1, 0.15) is 27.0 Å². The van der Waals surface area contributed by atoms with Crippen LogP contribution in [0.3, 0.4) is 0 Å². The number of carbonyl (C=O) groups excluding carboxylic acids is 1. The Bertz CT molecular complexity index is 1320. The van der Waals surface area contributed by atoms with Gasteiger partial charge >= 0.3 is 25.3 Å². The van der Waals surface area contributed by atoms with Gasteiger partial charge in [-0.15, -0.1) is 0 Å². The zero-order valence-electron chi connectivity index (χ0n) is 20.8. The lowest BCUT2D eigenvalue weighted by Crippen LogP contribution is -2.57. The van der Waals surface area contributed by atoms with E-state index < -0.39 is 74.0 Å². The number of aliphatic hydroxyl groups excluding tert-OH is 1. The van der Waals surface area contributed by atoms with Gasteiger partial charge in [0.25, 0.3) is 12.0 Å². The molecule has 1 fully saturated rings. The number of aromatic amines is 1. The molecule has 5 unspecified atom stereocenters. The van der Waals surface area contributed by atoms with E-state index in [4.69, 9.17) is 18.5 Å². The van der Waals surface area contributed by atoms with Gasteiger partial charge in [0.2, 0.25) is 5.60 Å². The summed E-state index contributed by atoms with van der Waals surface area (Å²) in [5.41, 5.74) is -6.20. The number of H-pyrrole nitrogens is 1. The summed E-state index contributed by atoms with van der Waals surface area (Å²) in [4.78, 5) is 37.4. The molecule has 3 N–H and O–H groups in total. The molecule has 12 nitrogen and oxygen atoms in total. The molecule has 0 saturated carbocycles. The van der Waals surface area contributed by atoms with Crippen LogP contribution in [0, 0.1) is 0 Å². The number of nitrogens with zero attached hydrogens (tertiary/aromatic N) is 1. The third-order valence-corrected chi connectivity index (χ3v) is 7.11. The molecule has 2 aromatic rings. The molecule has 2 heterocycles. The second-order valence-corrected chi connectivity index (χ2v) is 10.5. The minimum absolute atomic E-state index is 0.138. The highest BCUT2D eigenvalue weighted by Gasteiger charge is 2.74. The first-order valence-corrected chi connectivity index (χ1v) is 13.0. The van der Waals surface area contributed by atoms with Crippen LogP contribution >= 0.6 is 7.75 Å². The summed E-state index contributed by atoms with van der Waals surface area (Å²) in [6, 6.07) is 6.35. The lowest BCUT2D eigenvalue weighted by molar-refractivity contribution is -0.242. The minimum Gasteiger partial charge on any atom is -0.462 e. The number of para-hydroxylation sites is 1. The summed E-state index contributed by atoms with van der Waals surface area (Å²) in [5.74, 6) is -5.87. The summed E-state index contributed by atoms with van der Waals surface area (Å²) in [5, 5.41) is 12.4. The molecule has 0 aliphatic carbocycles. The molecule has 216 valence electrons. The molecule has 1 aliphatic rings. The van der Waals surface area contributed by atoms with Crippen molar-refractivity contribution in [2.75, 3.05) is 6.61 Å². The van der Waals surface area contributed by atoms with Gasteiger partial charge in [0.15, 0.2) is 12.3 Å². The fourth-order valence-corrected chi connectivity index (χ4v) is 5.05. The molecule has 0 amide bonds. The average Bonchev–Trinajstić information content (AvgIpc) is 3.04. The van der Waals surface area contributed by atoms with Crippen molar-refractivity contribution in [1.82, 2.24) is 14.6 Å². The van der Waals surface area contributed by atoms with E-state index in [9.17, 15) is 32.8 Å². The SMILES string of the molecule is CC(C)OC(=O)C(C)NP(=O)(OCC1(C(F)F)OC(n2ccc(=O)[nH]c2=O)C(O)C1(F)F)Oc1ccccc1. The van der Waals surface area contributed by atoms with Gasteiger partial charge in [-0.05, 0) is 32.9 Å². The zero-order valence-corrected chi connectivity index (χ0v) is 21.6. The summed E-state index contributed by atoms with van der Waals surface area (Å²) < 4.78 is 93.0. The van der Waals surface area contributed by atoms with Gasteiger partial charge in [0, 0.05) is 12.3 Å². The van der Waals surface area contributed by atoms with Crippen molar-refractivity contribution in [3.8, 4) is 5.75 Å². The van der Waals surface area contributed by atoms with Gasteiger partial charge in [0.05, 0.1) is 12.7 Å². The van der Waals surface area contributed by atoms with Gasteiger partial charge in [-0.3, -0.25) is 23.7 Å². The Morgan fingerprint density at radius 2 is 1.85 bits per heavy atom. The van der Waals surface area contributed by atoms with Gasteiger partial charge in [0.1, 0.15) is 11.8 Å². The Balaban J connectivity index is 1.96. The number of alkyl halides is 4. The predicted molar refractivity (Wildman–Crippen MR) is 126 cm³/mol. The van der Waals surface area contributed by atoms with Crippen LogP contribution in [0.25, 0.3) is 0 Å². The van der Waals surface area contributed by atoms with Crippen molar-refractivity contribution >= 4 is 13.7 Å². The van der Waals surface area contributed by atoms with Crippen molar-refractivity contribution in [3.05, 3.63) is 63.4 Å². The van der Waals surface area contributed by atoms with Crippen LogP contribution < -0.4 is 20.9 Å². The Morgan fingerprint density at radius 1 is 1.21 bits per heavy atom. The predicted octanol–water partition coefficient (Wildman–Crippen LogP) is 2.20. The first-order chi connectivity index (χ1) is 18.1. The number of hydrogen-bond acceptors (Lipinski definition) is 9. The Kier molecular flexibility index (Phi) is 9.07. The molecule has 0 spiro atoms. The number of rotatable bonds is 11. The van der Waals surface area contributed by atoms with E-state index >= 15 is 8.78 Å². The fourth-order valence-electron chi connectivity index (χ4n) is 3.53. The third kappa shape index (κ3) is 6.41. The number of aromatic nitrogens is 2. The summed E-state index contributed by atoms with van der Waals surface area (Å²) in [6.07, 6.45) is -9.41. The maximum atomic E-state index is 15.2. The second-order valence-electron chi connectivity index (χ2n) is 8.80. The van der Waals surface area contributed by atoms with Crippen molar-refractivity contribution in [2.24, 2.45) is 0 Å². The quantitative estimate of drug-likeness (QED) is 0.204. The van der Waals surface area contributed by atoms with E-state index in [0.29, 0.717) is 6.20 Å². The van der Waals surface area contributed by atoms with E-state index in [1.54, 1.807) is 11.1 Å².